The van der Waals surface area contributed by atoms with Gasteiger partial charge in [-0.25, -0.2) is 0 Å². The summed E-state index contributed by atoms with van der Waals surface area (Å²) in [6, 6.07) is 6.64. The lowest BCUT2D eigenvalue weighted by atomic mass is 9.91. The minimum Gasteiger partial charge on any atom is -0.396 e. The summed E-state index contributed by atoms with van der Waals surface area (Å²) >= 11 is 5.84. The fourth-order valence-corrected chi connectivity index (χ4v) is 3.80. The van der Waals surface area contributed by atoms with Crippen molar-refractivity contribution in [1.29, 1.82) is 0 Å². The molecule has 0 aromatic heterocycles. The molecule has 1 aliphatic rings. The molecular weight excluding hydrogens is 452 g/mol. The average molecular weight is 475 g/mol. The molecule has 166 valence electrons. The Labute approximate surface area is 174 Å². The lowest BCUT2D eigenvalue weighted by Crippen LogP contribution is -2.52. The minimum absolute atomic E-state index is 0.0199. The molecule has 1 heterocycles. The Morgan fingerprint density at radius 3 is 2.03 bits per heavy atom. The first-order valence-corrected chi connectivity index (χ1v) is 12.4. The molecular formula is C16H23ClO10S2. The molecule has 0 radical (unpaired) electrons. The molecule has 1 aromatic rings. The summed E-state index contributed by atoms with van der Waals surface area (Å²) in [5.41, 5.74) is -1.12. The maximum Gasteiger partial charge on any atom is 0.264 e. The van der Waals surface area contributed by atoms with E-state index in [-0.39, 0.29) is 6.61 Å². The van der Waals surface area contributed by atoms with Gasteiger partial charge in [-0.3, -0.25) is 8.37 Å². The topological polar surface area (TPSA) is 146 Å². The maximum absolute atomic E-state index is 11.5. The third kappa shape index (κ3) is 7.12. The van der Waals surface area contributed by atoms with Gasteiger partial charge in [-0.05, 0) is 17.7 Å². The Morgan fingerprint density at radius 1 is 1.07 bits per heavy atom. The summed E-state index contributed by atoms with van der Waals surface area (Å²) in [5.74, 6) is -1.01. The first kappa shape index (κ1) is 24.4. The standard InChI is InChI=1S/C16H23ClO10S2/c1-28(20,21)25-9-16(10-26-29(2,22)23)14(13(7-18)15(19)27-16)24-8-11-3-5-12(17)6-4-11/h3-6,13-15,18-19H,7-10H2,1-2H3/t13-,14+,15+/m1/s1. The normalized spacial score (nSPS) is 24.7. The highest BCUT2D eigenvalue weighted by Crippen LogP contribution is 2.38. The molecule has 0 amide bonds. The van der Waals surface area contributed by atoms with E-state index in [0.717, 1.165) is 12.5 Å². The van der Waals surface area contributed by atoms with E-state index in [1.165, 1.54) is 0 Å². The van der Waals surface area contributed by atoms with Gasteiger partial charge >= 0.3 is 0 Å². The number of rotatable bonds is 10. The molecule has 2 N–H and O–H groups in total. The Bertz CT molecular complexity index is 849. The SMILES string of the molecule is CS(=O)(=O)OCC1(COS(C)(=O)=O)O[C@H](O)[C@H](CO)[C@@H]1OCc1ccc(Cl)cc1. The highest BCUT2D eigenvalue weighted by Gasteiger charge is 2.57. The van der Waals surface area contributed by atoms with Crippen molar-refractivity contribution in [2.45, 2.75) is 24.6 Å². The van der Waals surface area contributed by atoms with Crippen LogP contribution in [0.2, 0.25) is 5.02 Å². The van der Waals surface area contributed by atoms with E-state index in [4.69, 9.17) is 29.4 Å². The number of halogens is 1. The molecule has 29 heavy (non-hydrogen) atoms. The van der Waals surface area contributed by atoms with Crippen LogP contribution in [0.1, 0.15) is 5.56 Å². The van der Waals surface area contributed by atoms with E-state index < -0.39 is 64.0 Å². The summed E-state index contributed by atoms with van der Waals surface area (Å²) in [7, 11) is -7.88. The zero-order valence-corrected chi connectivity index (χ0v) is 18.1. The van der Waals surface area contributed by atoms with Crippen molar-refractivity contribution < 1.29 is 44.9 Å². The fraction of sp³-hybridized carbons (Fsp3) is 0.625. The van der Waals surface area contributed by atoms with E-state index in [1.807, 2.05) is 0 Å². The quantitative estimate of drug-likeness (QED) is 0.440. The van der Waals surface area contributed by atoms with Crippen molar-refractivity contribution in [2.24, 2.45) is 5.92 Å². The summed E-state index contributed by atoms with van der Waals surface area (Å²) in [6.45, 7) is -1.99. The monoisotopic (exact) mass is 474 g/mol. The highest BCUT2D eigenvalue weighted by atomic mass is 35.5. The average Bonchev–Trinajstić information content (AvgIpc) is 2.88. The van der Waals surface area contributed by atoms with Gasteiger partial charge in [-0.15, -0.1) is 0 Å². The van der Waals surface area contributed by atoms with Gasteiger partial charge in [-0.1, -0.05) is 23.7 Å². The second-order valence-corrected chi connectivity index (χ2v) is 10.4. The minimum atomic E-state index is -3.94. The van der Waals surface area contributed by atoms with Crippen LogP contribution in [0.4, 0.5) is 0 Å². The van der Waals surface area contributed by atoms with Gasteiger partial charge in [0.1, 0.15) is 24.9 Å². The molecule has 3 atom stereocenters. The molecule has 1 fully saturated rings. The second-order valence-electron chi connectivity index (χ2n) is 6.71. The van der Waals surface area contributed by atoms with Crippen molar-refractivity contribution in [3.8, 4) is 0 Å². The summed E-state index contributed by atoms with van der Waals surface area (Å²) in [5, 5.41) is 20.4. The fourth-order valence-electron chi connectivity index (χ4n) is 2.85. The summed E-state index contributed by atoms with van der Waals surface area (Å²) < 4.78 is 66.8. The van der Waals surface area contributed by atoms with Crippen molar-refractivity contribution in [3.05, 3.63) is 34.9 Å². The lowest BCUT2D eigenvalue weighted by molar-refractivity contribution is -0.183. The Kier molecular flexibility index (Phi) is 8.04. The van der Waals surface area contributed by atoms with Gasteiger partial charge in [-0.2, -0.15) is 16.8 Å². The van der Waals surface area contributed by atoms with Crippen LogP contribution >= 0.6 is 11.6 Å². The number of aliphatic hydroxyl groups excluding tert-OH is 2. The number of aliphatic hydroxyl groups is 2. The highest BCUT2D eigenvalue weighted by molar-refractivity contribution is 7.86. The second kappa shape index (κ2) is 9.54. The van der Waals surface area contributed by atoms with Crippen LogP contribution in [0.3, 0.4) is 0 Å². The number of ether oxygens (including phenoxy) is 2. The first-order chi connectivity index (χ1) is 13.4. The molecule has 2 rings (SSSR count). The first-order valence-electron chi connectivity index (χ1n) is 8.37. The van der Waals surface area contributed by atoms with Gasteiger partial charge in [0, 0.05) is 5.02 Å². The van der Waals surface area contributed by atoms with Crippen molar-refractivity contribution >= 4 is 31.8 Å². The maximum atomic E-state index is 11.5. The van der Waals surface area contributed by atoms with Crippen molar-refractivity contribution in [3.63, 3.8) is 0 Å². The molecule has 0 saturated carbocycles. The molecule has 0 unspecified atom stereocenters. The van der Waals surface area contributed by atoms with Gasteiger partial charge in [0.15, 0.2) is 6.29 Å². The van der Waals surface area contributed by atoms with E-state index in [9.17, 15) is 27.0 Å². The van der Waals surface area contributed by atoms with Gasteiger partial charge < -0.3 is 19.7 Å². The van der Waals surface area contributed by atoms with Crippen LogP contribution in [-0.2, 0) is 44.7 Å². The van der Waals surface area contributed by atoms with Crippen LogP contribution < -0.4 is 0 Å². The Hall–Kier alpha value is -0.830. The zero-order chi connectivity index (χ0) is 21.9. The Morgan fingerprint density at radius 2 is 1.59 bits per heavy atom. The molecule has 0 aliphatic carbocycles. The molecule has 0 bridgehead atoms. The number of hydrogen-bond donors (Lipinski definition) is 2. The smallest absolute Gasteiger partial charge is 0.264 e. The van der Waals surface area contributed by atoms with Crippen LogP contribution in [0, 0.1) is 5.92 Å². The van der Waals surface area contributed by atoms with E-state index in [2.05, 4.69) is 0 Å². The van der Waals surface area contributed by atoms with Crippen molar-refractivity contribution in [1.82, 2.24) is 0 Å². The molecule has 1 aromatic carbocycles. The largest absolute Gasteiger partial charge is 0.396 e. The summed E-state index contributed by atoms with van der Waals surface area (Å²) in [4.78, 5) is 0. The van der Waals surface area contributed by atoms with E-state index in [0.29, 0.717) is 10.6 Å². The molecule has 1 saturated heterocycles. The third-order valence-corrected chi connectivity index (χ3v) is 5.56. The molecule has 13 heteroatoms. The predicted molar refractivity (Wildman–Crippen MR) is 102 cm³/mol. The van der Waals surface area contributed by atoms with Crippen LogP contribution in [-0.4, -0.2) is 77.4 Å². The van der Waals surface area contributed by atoms with Gasteiger partial charge in [0.05, 0.1) is 31.6 Å². The predicted octanol–water partition coefficient (Wildman–Crippen LogP) is -0.126. The van der Waals surface area contributed by atoms with Gasteiger partial charge in [0.2, 0.25) is 0 Å². The Balaban J connectivity index is 2.32. The summed E-state index contributed by atoms with van der Waals surface area (Å²) in [6.07, 6.45) is -1.11. The molecule has 0 spiro atoms. The van der Waals surface area contributed by atoms with Gasteiger partial charge in [0.25, 0.3) is 20.2 Å². The van der Waals surface area contributed by atoms with E-state index in [1.54, 1.807) is 24.3 Å². The van der Waals surface area contributed by atoms with Crippen LogP contribution in [0.5, 0.6) is 0 Å². The third-order valence-electron chi connectivity index (χ3n) is 4.22. The lowest BCUT2D eigenvalue weighted by Gasteiger charge is -2.33. The number of hydrogen-bond acceptors (Lipinski definition) is 10. The number of benzene rings is 1. The molecule has 10 nitrogen and oxygen atoms in total. The van der Waals surface area contributed by atoms with E-state index >= 15 is 0 Å². The van der Waals surface area contributed by atoms with Crippen LogP contribution in [0.25, 0.3) is 0 Å². The van der Waals surface area contributed by atoms with Crippen LogP contribution in [0.15, 0.2) is 24.3 Å². The zero-order valence-electron chi connectivity index (χ0n) is 15.7. The van der Waals surface area contributed by atoms with Crippen molar-refractivity contribution in [2.75, 3.05) is 32.3 Å². The molecule has 1 aliphatic heterocycles.